The quantitative estimate of drug-likeness (QED) is 0.913. The Hall–Kier alpha value is -2.76. The van der Waals surface area contributed by atoms with Gasteiger partial charge < -0.3 is 10.0 Å². The summed E-state index contributed by atoms with van der Waals surface area (Å²) in [6.07, 6.45) is 3.84. The molecule has 3 rings (SSSR count). The molecule has 1 aliphatic rings. The van der Waals surface area contributed by atoms with Crippen LogP contribution in [0.5, 0.6) is 0 Å². The van der Waals surface area contributed by atoms with Crippen LogP contribution in [0.1, 0.15) is 47.2 Å². The van der Waals surface area contributed by atoms with E-state index in [1.807, 2.05) is 23.1 Å². The summed E-state index contributed by atoms with van der Waals surface area (Å²) in [7, 11) is 0. The van der Waals surface area contributed by atoms with E-state index < -0.39 is 5.97 Å². The van der Waals surface area contributed by atoms with Gasteiger partial charge in [0.25, 0.3) is 5.91 Å². The van der Waals surface area contributed by atoms with Crippen LogP contribution >= 0.6 is 0 Å². The van der Waals surface area contributed by atoms with Gasteiger partial charge in [-0.15, -0.1) is 0 Å². The SMILES string of the molecule is O=C(O)CCc1cccc([C@@H]2CCCN2C(=O)c2ccccn2)n1. The minimum Gasteiger partial charge on any atom is -0.481 e. The summed E-state index contributed by atoms with van der Waals surface area (Å²) in [4.78, 5) is 33.9. The van der Waals surface area contributed by atoms with E-state index in [0.717, 1.165) is 24.2 Å². The van der Waals surface area contributed by atoms with Crippen molar-refractivity contribution in [3.8, 4) is 0 Å². The second-order valence-corrected chi connectivity index (χ2v) is 5.82. The molecule has 0 bridgehead atoms. The van der Waals surface area contributed by atoms with Gasteiger partial charge in [-0.2, -0.15) is 0 Å². The van der Waals surface area contributed by atoms with Crippen molar-refractivity contribution in [3.63, 3.8) is 0 Å². The number of carboxylic acid groups (broad SMARTS) is 1. The molecule has 6 nitrogen and oxygen atoms in total. The molecule has 6 heteroatoms. The fourth-order valence-electron chi connectivity index (χ4n) is 3.01. The molecule has 1 N–H and O–H groups in total. The van der Waals surface area contributed by atoms with Crippen molar-refractivity contribution in [1.82, 2.24) is 14.9 Å². The van der Waals surface area contributed by atoms with Gasteiger partial charge >= 0.3 is 5.97 Å². The molecule has 0 radical (unpaired) electrons. The Labute approximate surface area is 140 Å². The van der Waals surface area contributed by atoms with Crippen molar-refractivity contribution in [2.45, 2.75) is 31.7 Å². The molecule has 1 fully saturated rings. The lowest BCUT2D eigenvalue weighted by Crippen LogP contribution is -2.31. The first-order chi connectivity index (χ1) is 11.6. The third-order valence-electron chi connectivity index (χ3n) is 4.16. The molecule has 1 aliphatic heterocycles. The predicted molar refractivity (Wildman–Crippen MR) is 87.4 cm³/mol. The number of pyridine rings is 2. The number of aromatic nitrogens is 2. The monoisotopic (exact) mass is 325 g/mol. The summed E-state index contributed by atoms with van der Waals surface area (Å²) in [5.74, 6) is -0.925. The molecule has 1 amide bonds. The van der Waals surface area contributed by atoms with Crippen LogP contribution < -0.4 is 0 Å². The number of aryl methyl sites for hydroxylation is 1. The lowest BCUT2D eigenvalue weighted by Gasteiger charge is -2.24. The maximum absolute atomic E-state index is 12.7. The lowest BCUT2D eigenvalue weighted by molar-refractivity contribution is -0.136. The Morgan fingerprint density at radius 1 is 1.21 bits per heavy atom. The van der Waals surface area contributed by atoms with Gasteiger partial charge in [0.05, 0.1) is 18.2 Å². The van der Waals surface area contributed by atoms with Gasteiger partial charge in [-0.3, -0.25) is 19.6 Å². The van der Waals surface area contributed by atoms with Crippen molar-refractivity contribution in [3.05, 3.63) is 59.7 Å². The van der Waals surface area contributed by atoms with E-state index >= 15 is 0 Å². The Morgan fingerprint density at radius 3 is 2.83 bits per heavy atom. The highest BCUT2D eigenvalue weighted by molar-refractivity contribution is 5.92. The van der Waals surface area contributed by atoms with Crippen molar-refractivity contribution in [2.75, 3.05) is 6.54 Å². The van der Waals surface area contributed by atoms with E-state index in [-0.39, 0.29) is 18.4 Å². The van der Waals surface area contributed by atoms with Gasteiger partial charge in [0.1, 0.15) is 5.69 Å². The molecule has 0 aliphatic carbocycles. The minimum absolute atomic E-state index is 0.0533. The maximum atomic E-state index is 12.7. The number of rotatable bonds is 5. The first-order valence-corrected chi connectivity index (χ1v) is 8.05. The van der Waals surface area contributed by atoms with Crippen LogP contribution in [-0.2, 0) is 11.2 Å². The lowest BCUT2D eigenvalue weighted by atomic mass is 10.1. The summed E-state index contributed by atoms with van der Waals surface area (Å²) >= 11 is 0. The Kier molecular flexibility index (Phi) is 4.84. The number of amides is 1. The molecule has 1 atom stereocenters. The molecule has 1 saturated heterocycles. The number of hydrogen-bond acceptors (Lipinski definition) is 4. The van der Waals surface area contributed by atoms with Crippen molar-refractivity contribution >= 4 is 11.9 Å². The number of nitrogens with zero attached hydrogens (tertiary/aromatic N) is 3. The number of likely N-dealkylation sites (tertiary alicyclic amines) is 1. The van der Waals surface area contributed by atoms with Crippen LogP contribution in [-0.4, -0.2) is 38.4 Å². The second kappa shape index (κ2) is 7.21. The van der Waals surface area contributed by atoms with E-state index in [1.54, 1.807) is 24.4 Å². The minimum atomic E-state index is -0.838. The van der Waals surface area contributed by atoms with E-state index in [9.17, 15) is 9.59 Å². The molecule has 0 saturated carbocycles. The first kappa shape index (κ1) is 16.1. The highest BCUT2D eigenvalue weighted by Crippen LogP contribution is 2.32. The zero-order chi connectivity index (χ0) is 16.9. The zero-order valence-corrected chi connectivity index (χ0v) is 13.3. The average Bonchev–Trinajstić information content (AvgIpc) is 3.10. The van der Waals surface area contributed by atoms with Crippen molar-refractivity contribution < 1.29 is 14.7 Å². The highest BCUT2D eigenvalue weighted by Gasteiger charge is 2.32. The summed E-state index contributed by atoms with van der Waals surface area (Å²) in [6, 6.07) is 10.8. The number of hydrogen-bond donors (Lipinski definition) is 1. The highest BCUT2D eigenvalue weighted by atomic mass is 16.4. The third kappa shape index (κ3) is 3.59. The smallest absolute Gasteiger partial charge is 0.303 e. The molecule has 2 aromatic heterocycles. The molecule has 2 aromatic rings. The van der Waals surface area contributed by atoms with E-state index in [2.05, 4.69) is 9.97 Å². The van der Waals surface area contributed by atoms with E-state index in [0.29, 0.717) is 18.7 Å². The van der Waals surface area contributed by atoms with Gasteiger partial charge in [0, 0.05) is 24.9 Å². The predicted octanol–water partition coefficient (Wildman–Crippen LogP) is 2.47. The number of carbonyl (C=O) groups excluding carboxylic acids is 1. The summed E-state index contributed by atoms with van der Waals surface area (Å²) in [6.45, 7) is 0.682. The fourth-order valence-corrected chi connectivity index (χ4v) is 3.01. The average molecular weight is 325 g/mol. The van der Waals surface area contributed by atoms with Crippen LogP contribution in [0.15, 0.2) is 42.6 Å². The van der Waals surface area contributed by atoms with Gasteiger partial charge in [-0.05, 0) is 37.1 Å². The molecule has 3 heterocycles. The van der Waals surface area contributed by atoms with Gasteiger partial charge in [0.2, 0.25) is 0 Å². The number of aliphatic carboxylic acids is 1. The van der Waals surface area contributed by atoms with Gasteiger partial charge in [-0.25, -0.2) is 0 Å². The molecule has 0 unspecified atom stereocenters. The molecule has 24 heavy (non-hydrogen) atoms. The Bertz CT molecular complexity index is 733. The number of carbonyl (C=O) groups is 2. The Morgan fingerprint density at radius 2 is 2.08 bits per heavy atom. The van der Waals surface area contributed by atoms with Crippen LogP contribution in [0.2, 0.25) is 0 Å². The topological polar surface area (TPSA) is 83.4 Å². The normalized spacial score (nSPS) is 17.0. The molecule has 0 spiro atoms. The number of carboxylic acids is 1. The molecule has 0 aromatic carbocycles. The van der Waals surface area contributed by atoms with Crippen molar-refractivity contribution in [2.24, 2.45) is 0 Å². The van der Waals surface area contributed by atoms with Gasteiger partial charge in [0.15, 0.2) is 0 Å². The third-order valence-corrected chi connectivity index (χ3v) is 4.16. The summed E-state index contributed by atoms with van der Waals surface area (Å²) in [5.41, 5.74) is 2.00. The first-order valence-electron chi connectivity index (χ1n) is 8.05. The standard InChI is InChI=1S/C18H19N3O3/c22-17(23)10-9-13-5-3-7-14(20-13)16-8-4-12-21(16)18(24)15-6-1-2-11-19-15/h1-3,5-7,11,16H,4,8-10,12H2,(H,22,23)/t16-/m0/s1. The van der Waals surface area contributed by atoms with Crippen LogP contribution in [0.4, 0.5) is 0 Å². The molecule has 124 valence electrons. The second-order valence-electron chi connectivity index (χ2n) is 5.82. The van der Waals surface area contributed by atoms with Crippen LogP contribution in [0.25, 0.3) is 0 Å². The maximum Gasteiger partial charge on any atom is 0.303 e. The van der Waals surface area contributed by atoms with Crippen molar-refractivity contribution in [1.29, 1.82) is 0 Å². The van der Waals surface area contributed by atoms with Gasteiger partial charge in [-0.1, -0.05) is 12.1 Å². The van der Waals surface area contributed by atoms with E-state index in [1.165, 1.54) is 0 Å². The Balaban J connectivity index is 1.79. The zero-order valence-electron chi connectivity index (χ0n) is 13.3. The molecular weight excluding hydrogens is 306 g/mol. The van der Waals surface area contributed by atoms with E-state index in [4.69, 9.17) is 5.11 Å². The largest absolute Gasteiger partial charge is 0.481 e. The molecular formula is C18H19N3O3. The fraction of sp³-hybridized carbons (Fsp3) is 0.333. The van der Waals surface area contributed by atoms with Crippen LogP contribution in [0, 0.1) is 0 Å². The van der Waals surface area contributed by atoms with Crippen LogP contribution in [0.3, 0.4) is 0 Å². The summed E-state index contributed by atoms with van der Waals surface area (Å²) in [5, 5.41) is 8.81. The summed E-state index contributed by atoms with van der Waals surface area (Å²) < 4.78 is 0.